The lowest BCUT2D eigenvalue weighted by Gasteiger charge is -2.03. The van der Waals surface area contributed by atoms with Gasteiger partial charge in [0.25, 0.3) is 0 Å². The van der Waals surface area contributed by atoms with E-state index in [0.717, 1.165) is 11.3 Å². The molecular formula is C8H9N3O. The van der Waals surface area contributed by atoms with Gasteiger partial charge < -0.3 is 10.2 Å². The topological polar surface area (TPSA) is 67.8 Å². The summed E-state index contributed by atoms with van der Waals surface area (Å²) in [5, 5.41) is 6.51. The number of rotatable bonds is 2. The fraction of sp³-hybridized carbons (Fsp3) is 0.125. The molecule has 2 heterocycles. The fourth-order valence-corrected chi connectivity index (χ4v) is 1.06. The molecule has 4 nitrogen and oxygen atoms in total. The van der Waals surface area contributed by atoms with Gasteiger partial charge in [-0.15, -0.1) is 0 Å². The number of nitrogens with one attached hydrogen (secondary N) is 1. The molecule has 0 aliphatic rings. The van der Waals surface area contributed by atoms with Crippen LogP contribution in [-0.4, -0.2) is 10.2 Å². The Kier molecular flexibility index (Phi) is 1.68. The smallest absolute Gasteiger partial charge is 0.125 e. The van der Waals surface area contributed by atoms with Gasteiger partial charge in [0.15, 0.2) is 0 Å². The van der Waals surface area contributed by atoms with E-state index in [1.54, 1.807) is 18.7 Å². The summed E-state index contributed by atoms with van der Waals surface area (Å²) in [5.74, 6) is 0.747. The molecule has 0 bridgehead atoms. The number of hydrogen-bond donors (Lipinski definition) is 2. The normalized spacial score (nSPS) is 13.1. The number of aromatic nitrogens is 2. The Bertz CT molecular complexity index is 291. The van der Waals surface area contributed by atoms with Crippen molar-refractivity contribution in [2.75, 3.05) is 0 Å². The minimum atomic E-state index is -0.223. The second-order valence-electron chi connectivity index (χ2n) is 2.52. The van der Waals surface area contributed by atoms with Gasteiger partial charge in [-0.25, -0.2) is 0 Å². The van der Waals surface area contributed by atoms with Crippen LogP contribution >= 0.6 is 0 Å². The molecule has 2 aromatic rings. The van der Waals surface area contributed by atoms with Crippen LogP contribution in [0.25, 0.3) is 0 Å². The van der Waals surface area contributed by atoms with Gasteiger partial charge >= 0.3 is 0 Å². The van der Waals surface area contributed by atoms with Crippen LogP contribution in [0, 0.1) is 0 Å². The molecule has 0 aliphatic carbocycles. The van der Waals surface area contributed by atoms with Gasteiger partial charge in [0, 0.05) is 11.8 Å². The second-order valence-corrected chi connectivity index (χ2v) is 2.52. The van der Waals surface area contributed by atoms with E-state index in [4.69, 9.17) is 10.2 Å². The zero-order valence-corrected chi connectivity index (χ0v) is 6.40. The van der Waals surface area contributed by atoms with Crippen molar-refractivity contribution in [1.82, 2.24) is 10.2 Å². The Hall–Kier alpha value is -1.55. The molecule has 0 spiro atoms. The first-order valence-electron chi connectivity index (χ1n) is 3.65. The quantitative estimate of drug-likeness (QED) is 0.695. The van der Waals surface area contributed by atoms with Crippen molar-refractivity contribution in [3.8, 4) is 0 Å². The van der Waals surface area contributed by atoms with Crippen molar-refractivity contribution in [1.29, 1.82) is 0 Å². The van der Waals surface area contributed by atoms with Crippen molar-refractivity contribution in [3.63, 3.8) is 0 Å². The van der Waals surface area contributed by atoms with E-state index < -0.39 is 0 Å². The number of nitrogens with two attached hydrogens (primary N) is 1. The third-order valence-electron chi connectivity index (χ3n) is 1.73. The van der Waals surface area contributed by atoms with Crippen LogP contribution in [0.4, 0.5) is 0 Å². The van der Waals surface area contributed by atoms with Gasteiger partial charge in [-0.1, -0.05) is 0 Å². The fourth-order valence-electron chi connectivity index (χ4n) is 1.06. The molecule has 0 fully saturated rings. The highest BCUT2D eigenvalue weighted by Gasteiger charge is 2.11. The molecule has 1 unspecified atom stereocenters. The minimum absolute atomic E-state index is 0.223. The first kappa shape index (κ1) is 7.12. The average molecular weight is 163 g/mol. The minimum Gasteiger partial charge on any atom is -0.467 e. The number of hydrogen-bond acceptors (Lipinski definition) is 3. The van der Waals surface area contributed by atoms with Crippen LogP contribution in [0.3, 0.4) is 0 Å². The highest BCUT2D eigenvalue weighted by Crippen LogP contribution is 2.17. The van der Waals surface area contributed by atoms with E-state index >= 15 is 0 Å². The predicted octanol–water partition coefficient (Wildman–Crippen LogP) is 1.05. The molecule has 0 saturated heterocycles. The molecule has 0 saturated carbocycles. The van der Waals surface area contributed by atoms with E-state index in [1.807, 2.05) is 12.1 Å². The van der Waals surface area contributed by atoms with Gasteiger partial charge in [0.05, 0.1) is 18.5 Å². The van der Waals surface area contributed by atoms with E-state index in [-0.39, 0.29) is 6.04 Å². The Morgan fingerprint density at radius 3 is 3.08 bits per heavy atom. The number of aromatic amines is 1. The van der Waals surface area contributed by atoms with Crippen molar-refractivity contribution in [3.05, 3.63) is 42.1 Å². The lowest BCUT2D eigenvalue weighted by Crippen LogP contribution is -2.09. The molecule has 1 atom stereocenters. The molecule has 4 heteroatoms. The molecular weight excluding hydrogens is 154 g/mol. The van der Waals surface area contributed by atoms with E-state index in [0.29, 0.717) is 0 Å². The molecule has 0 aliphatic heterocycles. The zero-order valence-electron chi connectivity index (χ0n) is 6.40. The monoisotopic (exact) mass is 163 g/mol. The van der Waals surface area contributed by atoms with Crippen LogP contribution in [0.2, 0.25) is 0 Å². The van der Waals surface area contributed by atoms with Gasteiger partial charge in [0.1, 0.15) is 5.76 Å². The Balaban J connectivity index is 2.27. The third-order valence-corrected chi connectivity index (χ3v) is 1.73. The summed E-state index contributed by atoms with van der Waals surface area (Å²) in [4.78, 5) is 0. The molecule has 12 heavy (non-hydrogen) atoms. The van der Waals surface area contributed by atoms with Gasteiger partial charge in [-0.2, -0.15) is 5.10 Å². The SMILES string of the molecule is NC(c1cn[nH]c1)c1ccco1. The molecule has 62 valence electrons. The van der Waals surface area contributed by atoms with Crippen molar-refractivity contribution in [2.45, 2.75) is 6.04 Å². The molecule has 0 aromatic carbocycles. The molecule has 2 aromatic heterocycles. The predicted molar refractivity (Wildman–Crippen MR) is 43.3 cm³/mol. The Labute approximate surface area is 69.4 Å². The van der Waals surface area contributed by atoms with E-state index in [2.05, 4.69) is 10.2 Å². The zero-order chi connectivity index (χ0) is 8.39. The summed E-state index contributed by atoms with van der Waals surface area (Å²) in [6.45, 7) is 0. The van der Waals surface area contributed by atoms with Crippen molar-refractivity contribution >= 4 is 0 Å². The number of H-pyrrole nitrogens is 1. The van der Waals surface area contributed by atoms with Crippen LogP contribution in [0.1, 0.15) is 17.4 Å². The summed E-state index contributed by atoms with van der Waals surface area (Å²) in [7, 11) is 0. The summed E-state index contributed by atoms with van der Waals surface area (Å²) < 4.78 is 5.15. The highest BCUT2D eigenvalue weighted by atomic mass is 16.3. The van der Waals surface area contributed by atoms with Gasteiger partial charge in [0.2, 0.25) is 0 Å². The lowest BCUT2D eigenvalue weighted by molar-refractivity contribution is 0.490. The average Bonchev–Trinajstić information content (AvgIpc) is 2.77. The van der Waals surface area contributed by atoms with E-state index in [1.165, 1.54) is 0 Å². The van der Waals surface area contributed by atoms with Crippen LogP contribution in [0.15, 0.2) is 35.2 Å². The second kappa shape index (κ2) is 2.83. The largest absolute Gasteiger partial charge is 0.467 e. The number of nitrogens with zero attached hydrogens (tertiary/aromatic N) is 1. The molecule has 3 N–H and O–H groups in total. The molecule has 0 radical (unpaired) electrons. The Morgan fingerprint density at radius 1 is 1.58 bits per heavy atom. The van der Waals surface area contributed by atoms with E-state index in [9.17, 15) is 0 Å². The Morgan fingerprint density at radius 2 is 2.50 bits per heavy atom. The van der Waals surface area contributed by atoms with Gasteiger partial charge in [-0.3, -0.25) is 5.10 Å². The maximum atomic E-state index is 5.85. The van der Waals surface area contributed by atoms with Crippen LogP contribution in [0.5, 0.6) is 0 Å². The third kappa shape index (κ3) is 1.12. The maximum absolute atomic E-state index is 5.85. The van der Waals surface area contributed by atoms with Crippen molar-refractivity contribution < 1.29 is 4.42 Å². The standard InChI is InChI=1S/C8H9N3O/c9-8(6-4-10-11-5-6)7-2-1-3-12-7/h1-5,8H,9H2,(H,10,11). The van der Waals surface area contributed by atoms with Crippen LogP contribution in [-0.2, 0) is 0 Å². The first-order chi connectivity index (χ1) is 5.88. The molecule has 0 amide bonds. The van der Waals surface area contributed by atoms with Crippen molar-refractivity contribution in [2.24, 2.45) is 5.73 Å². The molecule has 2 rings (SSSR count). The first-order valence-corrected chi connectivity index (χ1v) is 3.65. The van der Waals surface area contributed by atoms with Gasteiger partial charge in [-0.05, 0) is 12.1 Å². The summed E-state index contributed by atoms with van der Waals surface area (Å²) >= 11 is 0. The summed E-state index contributed by atoms with van der Waals surface area (Å²) in [5.41, 5.74) is 6.77. The number of furan rings is 1. The lowest BCUT2D eigenvalue weighted by atomic mass is 10.1. The summed E-state index contributed by atoms with van der Waals surface area (Å²) in [6, 6.07) is 3.44. The maximum Gasteiger partial charge on any atom is 0.125 e. The van der Waals surface area contributed by atoms with Crippen LogP contribution < -0.4 is 5.73 Å². The summed E-state index contributed by atoms with van der Waals surface area (Å²) in [6.07, 6.45) is 5.05. The highest BCUT2D eigenvalue weighted by molar-refractivity contribution is 5.20.